The first-order valence-electron chi connectivity index (χ1n) is 7.57. The predicted octanol–water partition coefficient (Wildman–Crippen LogP) is 3.01. The molecule has 2 heterocycles. The largest absolute Gasteiger partial charge is 0.391 e. The van der Waals surface area contributed by atoms with Crippen molar-refractivity contribution in [1.29, 1.82) is 0 Å². The maximum Gasteiger partial charge on any atom is 0.322 e. The summed E-state index contributed by atoms with van der Waals surface area (Å²) in [5.41, 5.74) is 1.42. The molecule has 0 spiro atoms. The van der Waals surface area contributed by atoms with Crippen molar-refractivity contribution >= 4 is 11.7 Å². The van der Waals surface area contributed by atoms with Gasteiger partial charge in [0.15, 0.2) is 0 Å². The lowest BCUT2D eigenvalue weighted by molar-refractivity contribution is 0.175. The van der Waals surface area contributed by atoms with Gasteiger partial charge in [0.2, 0.25) is 0 Å². The fourth-order valence-corrected chi connectivity index (χ4v) is 2.90. The smallest absolute Gasteiger partial charge is 0.322 e. The van der Waals surface area contributed by atoms with E-state index >= 15 is 0 Å². The number of β-amino-alcohol motifs (C(OH)–C–C–N with tert-alkyl or cyclic N) is 1. The fraction of sp³-hybridized carbons (Fsp3) is 0.294. The summed E-state index contributed by atoms with van der Waals surface area (Å²) in [7, 11) is 0. The zero-order valence-electron chi connectivity index (χ0n) is 13.0. The molecule has 2 unspecified atom stereocenters. The van der Waals surface area contributed by atoms with Gasteiger partial charge in [-0.15, -0.1) is 0 Å². The number of nitrogens with zero attached hydrogens (tertiary/aromatic N) is 2. The Bertz CT molecular complexity index is 769. The van der Waals surface area contributed by atoms with Gasteiger partial charge in [-0.3, -0.25) is 4.98 Å². The number of carbonyl (C=O) groups is 1. The second kappa shape index (κ2) is 6.52. The van der Waals surface area contributed by atoms with Crippen molar-refractivity contribution in [2.75, 3.05) is 11.9 Å². The molecule has 24 heavy (non-hydrogen) atoms. The molecular formula is C17H17F2N3O2. The number of aromatic nitrogens is 1. The molecule has 5 nitrogen and oxygen atoms in total. The van der Waals surface area contributed by atoms with Crippen molar-refractivity contribution in [2.24, 2.45) is 0 Å². The number of pyridine rings is 1. The first-order chi connectivity index (χ1) is 11.5. The molecule has 1 aliphatic rings. The van der Waals surface area contributed by atoms with Crippen molar-refractivity contribution in [3.8, 4) is 0 Å². The van der Waals surface area contributed by atoms with E-state index in [0.29, 0.717) is 5.69 Å². The van der Waals surface area contributed by atoms with Gasteiger partial charge in [-0.05, 0) is 43.2 Å². The molecule has 0 bridgehead atoms. The quantitative estimate of drug-likeness (QED) is 0.888. The molecule has 2 amide bonds. The molecular weight excluding hydrogens is 316 g/mol. The van der Waals surface area contributed by atoms with Gasteiger partial charge in [-0.25, -0.2) is 13.6 Å². The van der Waals surface area contributed by atoms with E-state index in [4.69, 9.17) is 0 Å². The molecule has 1 saturated heterocycles. The van der Waals surface area contributed by atoms with E-state index in [9.17, 15) is 18.7 Å². The second-order valence-electron chi connectivity index (χ2n) is 5.84. The number of nitrogens with one attached hydrogen (secondary N) is 1. The van der Waals surface area contributed by atoms with Gasteiger partial charge in [0.1, 0.15) is 11.6 Å². The van der Waals surface area contributed by atoms with Crippen LogP contribution in [-0.2, 0) is 0 Å². The van der Waals surface area contributed by atoms with Crippen molar-refractivity contribution in [1.82, 2.24) is 9.88 Å². The first-order valence-corrected chi connectivity index (χ1v) is 7.57. The van der Waals surface area contributed by atoms with Crippen LogP contribution < -0.4 is 5.32 Å². The summed E-state index contributed by atoms with van der Waals surface area (Å²) in [6.45, 7) is 1.85. The molecule has 7 heteroatoms. The number of urea groups is 1. The van der Waals surface area contributed by atoms with Crippen molar-refractivity contribution in [3.63, 3.8) is 0 Å². The van der Waals surface area contributed by atoms with Gasteiger partial charge in [0, 0.05) is 30.2 Å². The molecule has 2 atom stereocenters. The zero-order chi connectivity index (χ0) is 17.3. The lowest BCUT2D eigenvalue weighted by atomic mass is 10.0. The normalized spacial score (nSPS) is 20.2. The standard InChI is InChI=1S/C17H17F2N3O2/c1-10-8-20-5-4-15(10)21-17(24)22-9-12(23)7-16(22)13-6-11(18)2-3-14(13)19/h2-6,8,12,16,23H,7,9H2,1H3,(H,20,21,24). The predicted molar refractivity (Wildman–Crippen MR) is 84.4 cm³/mol. The number of amides is 2. The van der Waals surface area contributed by atoms with E-state index in [1.807, 2.05) is 0 Å². The number of aliphatic hydroxyl groups is 1. The van der Waals surface area contributed by atoms with Crippen LogP contribution in [-0.4, -0.2) is 33.7 Å². The van der Waals surface area contributed by atoms with Crippen LogP contribution in [0.25, 0.3) is 0 Å². The van der Waals surface area contributed by atoms with Crippen LogP contribution in [0.3, 0.4) is 0 Å². The Morgan fingerprint density at radius 1 is 1.38 bits per heavy atom. The Morgan fingerprint density at radius 3 is 2.92 bits per heavy atom. The third-order valence-electron chi connectivity index (χ3n) is 4.12. The Morgan fingerprint density at radius 2 is 2.17 bits per heavy atom. The zero-order valence-corrected chi connectivity index (χ0v) is 13.0. The van der Waals surface area contributed by atoms with Gasteiger partial charge >= 0.3 is 6.03 Å². The first kappa shape index (κ1) is 16.3. The lowest BCUT2D eigenvalue weighted by Gasteiger charge is -2.25. The molecule has 0 radical (unpaired) electrons. The fourth-order valence-electron chi connectivity index (χ4n) is 2.90. The van der Waals surface area contributed by atoms with E-state index in [1.165, 1.54) is 4.90 Å². The van der Waals surface area contributed by atoms with E-state index < -0.39 is 29.8 Å². The second-order valence-corrected chi connectivity index (χ2v) is 5.84. The SMILES string of the molecule is Cc1cnccc1NC(=O)N1CC(O)CC1c1cc(F)ccc1F. The summed E-state index contributed by atoms with van der Waals surface area (Å²) in [5.74, 6) is -1.19. The summed E-state index contributed by atoms with van der Waals surface area (Å²) in [6.07, 6.45) is 2.52. The molecule has 0 aliphatic carbocycles. The third-order valence-corrected chi connectivity index (χ3v) is 4.12. The minimum absolute atomic E-state index is 0.0522. The van der Waals surface area contributed by atoms with Gasteiger partial charge < -0.3 is 15.3 Å². The van der Waals surface area contributed by atoms with Crippen LogP contribution in [0.1, 0.15) is 23.6 Å². The van der Waals surface area contributed by atoms with Crippen molar-refractivity contribution in [3.05, 3.63) is 59.4 Å². The monoisotopic (exact) mass is 333 g/mol. The number of aliphatic hydroxyl groups excluding tert-OH is 1. The van der Waals surface area contributed by atoms with E-state index in [2.05, 4.69) is 10.3 Å². The van der Waals surface area contributed by atoms with Gasteiger partial charge in [0.05, 0.1) is 12.1 Å². The van der Waals surface area contributed by atoms with Crippen LogP contribution in [0, 0.1) is 18.6 Å². The van der Waals surface area contributed by atoms with Crippen molar-refractivity contribution < 1.29 is 18.7 Å². The van der Waals surface area contributed by atoms with E-state index in [1.54, 1.807) is 25.4 Å². The Labute approximate surface area is 137 Å². The maximum absolute atomic E-state index is 14.1. The number of anilines is 1. The number of likely N-dealkylation sites (tertiary alicyclic amines) is 1. The van der Waals surface area contributed by atoms with Crippen LogP contribution in [0.5, 0.6) is 0 Å². The molecule has 1 aromatic heterocycles. The highest BCUT2D eigenvalue weighted by molar-refractivity contribution is 5.90. The Balaban J connectivity index is 1.86. The molecule has 2 N–H and O–H groups in total. The Hall–Kier alpha value is -2.54. The Kier molecular flexibility index (Phi) is 4.44. The van der Waals surface area contributed by atoms with Gasteiger partial charge in [-0.1, -0.05) is 0 Å². The molecule has 1 aromatic carbocycles. The molecule has 3 rings (SSSR count). The number of carbonyl (C=O) groups excluding carboxylic acids is 1. The minimum atomic E-state index is -0.790. The maximum atomic E-state index is 14.1. The number of benzene rings is 1. The number of hydrogen-bond donors (Lipinski definition) is 2. The number of rotatable bonds is 2. The van der Waals surface area contributed by atoms with Crippen LogP contribution >= 0.6 is 0 Å². The molecule has 0 saturated carbocycles. The average molecular weight is 333 g/mol. The average Bonchev–Trinajstić information content (AvgIpc) is 2.94. The number of hydrogen-bond acceptors (Lipinski definition) is 3. The summed E-state index contributed by atoms with van der Waals surface area (Å²) in [5, 5.41) is 12.6. The summed E-state index contributed by atoms with van der Waals surface area (Å²) >= 11 is 0. The van der Waals surface area contributed by atoms with Crippen LogP contribution in [0.2, 0.25) is 0 Å². The minimum Gasteiger partial charge on any atom is -0.391 e. The highest BCUT2D eigenvalue weighted by Gasteiger charge is 2.37. The van der Waals surface area contributed by atoms with Crippen molar-refractivity contribution in [2.45, 2.75) is 25.5 Å². The van der Waals surface area contributed by atoms with Crippen LogP contribution in [0.4, 0.5) is 19.3 Å². The lowest BCUT2D eigenvalue weighted by Crippen LogP contribution is -2.36. The summed E-state index contributed by atoms with van der Waals surface area (Å²) in [6, 6.07) is 3.56. The highest BCUT2D eigenvalue weighted by Crippen LogP contribution is 2.34. The molecule has 1 fully saturated rings. The molecule has 2 aromatic rings. The van der Waals surface area contributed by atoms with Crippen LogP contribution in [0.15, 0.2) is 36.7 Å². The van der Waals surface area contributed by atoms with E-state index in [0.717, 1.165) is 23.8 Å². The van der Waals surface area contributed by atoms with Gasteiger partial charge in [0.25, 0.3) is 0 Å². The van der Waals surface area contributed by atoms with E-state index in [-0.39, 0.29) is 18.5 Å². The summed E-state index contributed by atoms with van der Waals surface area (Å²) < 4.78 is 27.5. The molecule has 126 valence electrons. The molecule has 1 aliphatic heterocycles. The third kappa shape index (κ3) is 3.21. The summed E-state index contributed by atoms with van der Waals surface area (Å²) in [4.78, 5) is 17.8. The van der Waals surface area contributed by atoms with Gasteiger partial charge in [-0.2, -0.15) is 0 Å². The topological polar surface area (TPSA) is 65.5 Å². The number of halogens is 2. The number of aryl methyl sites for hydroxylation is 1. The highest BCUT2D eigenvalue weighted by atomic mass is 19.1.